The molecule has 5 nitrogen and oxygen atoms in total. The van der Waals surface area contributed by atoms with E-state index in [1.165, 1.54) is 0 Å². The van der Waals surface area contributed by atoms with Gasteiger partial charge in [-0.25, -0.2) is 0 Å². The van der Waals surface area contributed by atoms with Crippen molar-refractivity contribution >= 4 is 17.5 Å². The van der Waals surface area contributed by atoms with Crippen molar-refractivity contribution in [3.8, 4) is 0 Å². The van der Waals surface area contributed by atoms with E-state index >= 15 is 0 Å². The first-order valence-electron chi connectivity index (χ1n) is 9.35. The Bertz CT molecular complexity index is 779. The lowest BCUT2D eigenvalue weighted by Gasteiger charge is -2.33. The molecule has 0 spiro atoms. The zero-order chi connectivity index (χ0) is 18.1. The number of aromatic nitrogens is 2. The number of amides is 1. The summed E-state index contributed by atoms with van der Waals surface area (Å²) in [5.74, 6) is 0.247. The number of nitrogens with one attached hydrogen (secondary N) is 2. The normalized spacial score (nSPS) is 24.7. The average Bonchev–Trinajstić information content (AvgIpc) is 3.35. The van der Waals surface area contributed by atoms with E-state index < -0.39 is 0 Å². The molecule has 0 bridgehead atoms. The predicted octanol–water partition coefficient (Wildman–Crippen LogP) is 2.96. The summed E-state index contributed by atoms with van der Waals surface area (Å²) in [6, 6.07) is 7.94. The van der Waals surface area contributed by atoms with Crippen LogP contribution in [0, 0.1) is 5.92 Å². The molecule has 1 aromatic carbocycles. The molecule has 2 heterocycles. The first-order chi connectivity index (χ1) is 12.6. The van der Waals surface area contributed by atoms with Crippen molar-refractivity contribution in [1.29, 1.82) is 0 Å². The second-order valence-electron chi connectivity index (χ2n) is 7.60. The molecule has 0 unspecified atom stereocenters. The Hall–Kier alpha value is -1.85. The van der Waals surface area contributed by atoms with Gasteiger partial charge >= 0.3 is 0 Å². The van der Waals surface area contributed by atoms with Gasteiger partial charge in [-0.15, -0.1) is 0 Å². The average molecular weight is 373 g/mol. The smallest absolute Gasteiger partial charge is 0.225 e. The van der Waals surface area contributed by atoms with Crippen LogP contribution in [0.3, 0.4) is 0 Å². The van der Waals surface area contributed by atoms with Crippen LogP contribution in [-0.4, -0.2) is 28.8 Å². The molecule has 4 rings (SSSR count). The second kappa shape index (κ2) is 7.05. The van der Waals surface area contributed by atoms with E-state index in [0.717, 1.165) is 48.4 Å². The van der Waals surface area contributed by atoms with Crippen molar-refractivity contribution in [2.75, 3.05) is 13.1 Å². The van der Waals surface area contributed by atoms with E-state index in [1.54, 1.807) is 4.68 Å². The first kappa shape index (κ1) is 17.6. The van der Waals surface area contributed by atoms with Crippen molar-refractivity contribution < 1.29 is 4.79 Å². The number of hydrogen-bond donors (Lipinski definition) is 2. The van der Waals surface area contributed by atoms with Crippen LogP contribution in [0.15, 0.2) is 36.7 Å². The van der Waals surface area contributed by atoms with Gasteiger partial charge in [-0.05, 0) is 36.1 Å². The van der Waals surface area contributed by atoms with Gasteiger partial charge in [-0.3, -0.25) is 9.48 Å². The van der Waals surface area contributed by atoms with Gasteiger partial charge in [-0.2, -0.15) is 5.10 Å². The molecule has 2 aliphatic rings. The Kier molecular flexibility index (Phi) is 4.76. The molecule has 1 aromatic heterocycles. The summed E-state index contributed by atoms with van der Waals surface area (Å²) in [6.45, 7) is 1.53. The van der Waals surface area contributed by atoms with Gasteiger partial charge in [0.25, 0.3) is 0 Å². The molecular weight excluding hydrogens is 348 g/mol. The molecule has 1 amide bonds. The maximum absolute atomic E-state index is 13.2. The molecule has 2 N–H and O–H groups in total. The van der Waals surface area contributed by atoms with Crippen LogP contribution in [0.1, 0.15) is 42.7 Å². The zero-order valence-electron chi connectivity index (χ0n) is 15.0. The minimum Gasteiger partial charge on any atom is -0.346 e. The highest BCUT2D eigenvalue weighted by molar-refractivity contribution is 6.30. The molecule has 6 heteroatoms. The van der Waals surface area contributed by atoms with Gasteiger partial charge in [0.2, 0.25) is 5.91 Å². The molecule has 1 saturated heterocycles. The number of carbonyl (C=O) groups is 1. The Morgan fingerprint density at radius 2 is 2.00 bits per heavy atom. The highest BCUT2D eigenvalue weighted by Crippen LogP contribution is 2.40. The largest absolute Gasteiger partial charge is 0.346 e. The maximum Gasteiger partial charge on any atom is 0.225 e. The van der Waals surface area contributed by atoms with Gasteiger partial charge in [0.05, 0.1) is 17.7 Å². The topological polar surface area (TPSA) is 59.0 Å². The summed E-state index contributed by atoms with van der Waals surface area (Å²) in [6.07, 6.45) is 8.14. The predicted molar refractivity (Wildman–Crippen MR) is 102 cm³/mol. The third-order valence-corrected chi connectivity index (χ3v) is 6.17. The summed E-state index contributed by atoms with van der Waals surface area (Å²) in [5, 5.41) is 11.8. The lowest BCUT2D eigenvalue weighted by Crippen LogP contribution is -2.47. The third-order valence-electron chi connectivity index (χ3n) is 5.92. The lowest BCUT2D eigenvalue weighted by atomic mass is 9.85. The number of halogens is 1. The number of hydrogen-bond acceptors (Lipinski definition) is 3. The summed E-state index contributed by atoms with van der Waals surface area (Å²) in [4.78, 5) is 13.2. The van der Waals surface area contributed by atoms with Gasteiger partial charge in [0.1, 0.15) is 0 Å². The standard InChI is InChI=1S/C20H25ClN4O/c1-25-13-14(10-23-25)17-11-22-12-18(17)19(26)24-20(8-2-3-9-20)15-4-6-16(21)7-5-15/h4-7,10,13,17-18,22H,2-3,8-9,11-12H2,1H3,(H,24,26)/t17-,18+/m1/s1. The summed E-state index contributed by atoms with van der Waals surface area (Å²) in [7, 11) is 1.91. The Balaban J connectivity index is 1.56. The molecular formula is C20H25ClN4O. The molecule has 2 fully saturated rings. The zero-order valence-corrected chi connectivity index (χ0v) is 15.8. The van der Waals surface area contributed by atoms with Gasteiger partial charge in [0, 0.05) is 37.3 Å². The summed E-state index contributed by atoms with van der Waals surface area (Å²) in [5.41, 5.74) is 2.03. The highest BCUT2D eigenvalue weighted by Gasteiger charge is 2.41. The van der Waals surface area contributed by atoms with E-state index in [1.807, 2.05) is 31.6 Å². The quantitative estimate of drug-likeness (QED) is 0.867. The van der Waals surface area contributed by atoms with Crippen molar-refractivity contribution in [1.82, 2.24) is 20.4 Å². The minimum atomic E-state index is -0.260. The van der Waals surface area contributed by atoms with Gasteiger partial charge < -0.3 is 10.6 Å². The molecule has 0 radical (unpaired) electrons. The Morgan fingerprint density at radius 1 is 1.27 bits per heavy atom. The van der Waals surface area contributed by atoms with Crippen LogP contribution in [0.2, 0.25) is 5.02 Å². The minimum absolute atomic E-state index is 0.0658. The van der Waals surface area contributed by atoms with E-state index in [0.29, 0.717) is 6.54 Å². The molecule has 2 atom stereocenters. The third kappa shape index (κ3) is 3.26. The van der Waals surface area contributed by atoms with Crippen molar-refractivity contribution in [2.24, 2.45) is 13.0 Å². The molecule has 2 aromatic rings. The van der Waals surface area contributed by atoms with Crippen molar-refractivity contribution in [3.05, 3.63) is 52.8 Å². The van der Waals surface area contributed by atoms with E-state index in [9.17, 15) is 4.79 Å². The maximum atomic E-state index is 13.2. The first-order valence-corrected chi connectivity index (χ1v) is 9.72. The van der Waals surface area contributed by atoms with Crippen LogP contribution in [0.4, 0.5) is 0 Å². The van der Waals surface area contributed by atoms with Crippen LogP contribution < -0.4 is 10.6 Å². The van der Waals surface area contributed by atoms with Crippen molar-refractivity contribution in [3.63, 3.8) is 0 Å². The number of carbonyl (C=O) groups excluding carboxylic acids is 1. The van der Waals surface area contributed by atoms with Crippen LogP contribution in [0.5, 0.6) is 0 Å². The molecule has 1 aliphatic carbocycles. The molecule has 26 heavy (non-hydrogen) atoms. The Morgan fingerprint density at radius 3 is 2.65 bits per heavy atom. The van der Waals surface area contributed by atoms with E-state index in [4.69, 9.17) is 11.6 Å². The van der Waals surface area contributed by atoms with Gasteiger partial charge in [-0.1, -0.05) is 36.6 Å². The fraction of sp³-hybridized carbons (Fsp3) is 0.500. The number of nitrogens with zero attached hydrogens (tertiary/aromatic N) is 2. The molecule has 1 aliphatic heterocycles. The van der Waals surface area contributed by atoms with E-state index in [2.05, 4.69) is 27.9 Å². The SMILES string of the molecule is Cn1cc([C@H]2CNC[C@@H]2C(=O)NC2(c3ccc(Cl)cc3)CCCC2)cn1. The number of aryl methyl sites for hydroxylation is 1. The fourth-order valence-electron chi connectivity index (χ4n) is 4.50. The monoisotopic (exact) mass is 372 g/mol. The molecule has 138 valence electrons. The number of benzene rings is 1. The van der Waals surface area contributed by atoms with E-state index in [-0.39, 0.29) is 23.3 Å². The highest BCUT2D eigenvalue weighted by atomic mass is 35.5. The summed E-state index contributed by atoms with van der Waals surface area (Å²) >= 11 is 6.06. The lowest BCUT2D eigenvalue weighted by molar-refractivity contribution is -0.127. The van der Waals surface area contributed by atoms with Crippen LogP contribution in [-0.2, 0) is 17.4 Å². The molecule has 1 saturated carbocycles. The Labute approximate surface area is 159 Å². The van der Waals surface area contributed by atoms with Crippen LogP contribution >= 0.6 is 11.6 Å². The number of rotatable bonds is 4. The fourth-order valence-corrected chi connectivity index (χ4v) is 4.62. The van der Waals surface area contributed by atoms with Crippen LogP contribution in [0.25, 0.3) is 0 Å². The van der Waals surface area contributed by atoms with Crippen molar-refractivity contribution in [2.45, 2.75) is 37.1 Å². The summed E-state index contributed by atoms with van der Waals surface area (Å²) < 4.78 is 1.80. The van der Waals surface area contributed by atoms with Gasteiger partial charge in [0.15, 0.2) is 0 Å². The second-order valence-corrected chi connectivity index (χ2v) is 8.04.